The third kappa shape index (κ3) is 3.82. The molecule has 2 atom stereocenters. The Bertz CT molecular complexity index is 194. The van der Waals surface area contributed by atoms with Crippen molar-refractivity contribution >= 4 is 5.91 Å². The van der Waals surface area contributed by atoms with Gasteiger partial charge >= 0.3 is 0 Å². The molecule has 0 heterocycles. The first kappa shape index (κ1) is 12.5. The molecule has 0 bridgehead atoms. The van der Waals surface area contributed by atoms with Crippen molar-refractivity contribution in [2.24, 2.45) is 17.6 Å². The standard InChI is InChI=1S/C12H24N2O/c1-2-3-8-14-12(15)11-7-5-4-6-10(11)9-13/h10-11H,2-9,13H2,1H3,(H,14,15). The third-order valence-electron chi connectivity index (χ3n) is 3.38. The van der Waals surface area contributed by atoms with Crippen LogP contribution >= 0.6 is 0 Å². The Morgan fingerprint density at radius 1 is 1.40 bits per heavy atom. The predicted octanol–water partition coefficient (Wildman–Crippen LogP) is 1.67. The largest absolute Gasteiger partial charge is 0.356 e. The van der Waals surface area contributed by atoms with Crippen LogP contribution in [0.3, 0.4) is 0 Å². The molecule has 1 fully saturated rings. The Morgan fingerprint density at radius 3 is 2.80 bits per heavy atom. The molecule has 3 heteroatoms. The lowest BCUT2D eigenvalue weighted by Crippen LogP contribution is -2.39. The van der Waals surface area contributed by atoms with Crippen molar-refractivity contribution in [3.8, 4) is 0 Å². The smallest absolute Gasteiger partial charge is 0.223 e. The maximum Gasteiger partial charge on any atom is 0.223 e. The zero-order valence-corrected chi connectivity index (χ0v) is 9.80. The number of hydrogen-bond acceptors (Lipinski definition) is 2. The summed E-state index contributed by atoms with van der Waals surface area (Å²) < 4.78 is 0. The highest BCUT2D eigenvalue weighted by Gasteiger charge is 2.29. The van der Waals surface area contributed by atoms with Crippen LogP contribution in [0, 0.1) is 11.8 Å². The topological polar surface area (TPSA) is 55.1 Å². The van der Waals surface area contributed by atoms with Crippen LogP contribution in [0.25, 0.3) is 0 Å². The van der Waals surface area contributed by atoms with E-state index >= 15 is 0 Å². The maximum absolute atomic E-state index is 11.9. The first-order chi connectivity index (χ1) is 7.29. The molecule has 0 radical (unpaired) electrons. The van der Waals surface area contributed by atoms with Crippen molar-refractivity contribution in [3.05, 3.63) is 0 Å². The summed E-state index contributed by atoms with van der Waals surface area (Å²) in [4.78, 5) is 11.9. The number of unbranched alkanes of at least 4 members (excludes halogenated alkanes) is 1. The van der Waals surface area contributed by atoms with Crippen LogP contribution in [0.4, 0.5) is 0 Å². The Balaban J connectivity index is 2.34. The van der Waals surface area contributed by atoms with Gasteiger partial charge in [-0.1, -0.05) is 26.2 Å². The van der Waals surface area contributed by atoms with Crippen molar-refractivity contribution in [1.82, 2.24) is 5.32 Å². The first-order valence-corrected chi connectivity index (χ1v) is 6.27. The van der Waals surface area contributed by atoms with Crippen LogP contribution in [0.5, 0.6) is 0 Å². The van der Waals surface area contributed by atoms with Gasteiger partial charge in [-0.05, 0) is 31.7 Å². The summed E-state index contributed by atoms with van der Waals surface area (Å²) >= 11 is 0. The fraction of sp³-hybridized carbons (Fsp3) is 0.917. The molecule has 88 valence electrons. The number of rotatable bonds is 5. The molecule has 15 heavy (non-hydrogen) atoms. The van der Waals surface area contributed by atoms with Gasteiger partial charge in [0.05, 0.1) is 0 Å². The van der Waals surface area contributed by atoms with Gasteiger partial charge in [0.25, 0.3) is 0 Å². The zero-order valence-electron chi connectivity index (χ0n) is 9.80. The van der Waals surface area contributed by atoms with E-state index in [-0.39, 0.29) is 11.8 Å². The lowest BCUT2D eigenvalue weighted by Gasteiger charge is -2.29. The minimum absolute atomic E-state index is 0.181. The first-order valence-electron chi connectivity index (χ1n) is 6.27. The van der Waals surface area contributed by atoms with Gasteiger partial charge in [-0.25, -0.2) is 0 Å². The monoisotopic (exact) mass is 212 g/mol. The average molecular weight is 212 g/mol. The molecule has 0 aromatic heterocycles. The van der Waals surface area contributed by atoms with E-state index in [2.05, 4.69) is 12.2 Å². The Kier molecular flexibility index (Phi) is 5.69. The summed E-state index contributed by atoms with van der Waals surface area (Å²) in [5.74, 6) is 0.833. The molecule has 0 aromatic carbocycles. The number of nitrogens with two attached hydrogens (primary N) is 1. The van der Waals surface area contributed by atoms with E-state index in [9.17, 15) is 4.79 Å². The summed E-state index contributed by atoms with van der Waals surface area (Å²) in [7, 11) is 0. The Labute approximate surface area is 92.8 Å². The Hall–Kier alpha value is -0.570. The molecule has 3 nitrogen and oxygen atoms in total. The van der Waals surface area contributed by atoms with Gasteiger partial charge in [-0.3, -0.25) is 4.79 Å². The molecule has 1 amide bonds. The second kappa shape index (κ2) is 6.83. The summed E-state index contributed by atoms with van der Waals surface area (Å²) in [5.41, 5.74) is 5.71. The van der Waals surface area contributed by atoms with Crippen LogP contribution in [0.1, 0.15) is 45.4 Å². The van der Waals surface area contributed by atoms with Gasteiger partial charge in [-0.2, -0.15) is 0 Å². The van der Waals surface area contributed by atoms with Crippen LogP contribution in [0.15, 0.2) is 0 Å². The van der Waals surface area contributed by atoms with Gasteiger partial charge < -0.3 is 11.1 Å². The highest BCUT2D eigenvalue weighted by atomic mass is 16.1. The second-order valence-corrected chi connectivity index (χ2v) is 4.53. The van der Waals surface area contributed by atoms with E-state index in [0.717, 1.165) is 32.2 Å². The number of hydrogen-bond donors (Lipinski definition) is 2. The summed E-state index contributed by atoms with van der Waals surface area (Å²) in [6.45, 7) is 3.62. The fourth-order valence-corrected chi connectivity index (χ4v) is 2.35. The SMILES string of the molecule is CCCCNC(=O)C1CCCCC1CN. The second-order valence-electron chi connectivity index (χ2n) is 4.53. The van der Waals surface area contributed by atoms with Gasteiger partial charge in [0, 0.05) is 12.5 Å². The van der Waals surface area contributed by atoms with Crippen molar-refractivity contribution in [2.45, 2.75) is 45.4 Å². The van der Waals surface area contributed by atoms with Crippen LogP contribution in [0.2, 0.25) is 0 Å². The highest BCUT2D eigenvalue weighted by molar-refractivity contribution is 5.79. The summed E-state index contributed by atoms with van der Waals surface area (Å²) in [5, 5.41) is 3.02. The van der Waals surface area contributed by atoms with E-state index in [4.69, 9.17) is 5.73 Å². The quantitative estimate of drug-likeness (QED) is 0.681. The summed E-state index contributed by atoms with van der Waals surface area (Å²) in [6.07, 6.45) is 6.78. The van der Waals surface area contributed by atoms with Crippen molar-refractivity contribution in [2.75, 3.05) is 13.1 Å². The van der Waals surface area contributed by atoms with Crippen LogP contribution in [-0.2, 0) is 4.79 Å². The van der Waals surface area contributed by atoms with E-state index in [1.807, 2.05) is 0 Å². The minimum Gasteiger partial charge on any atom is -0.356 e. The minimum atomic E-state index is 0.181. The van der Waals surface area contributed by atoms with Crippen LogP contribution in [-0.4, -0.2) is 19.0 Å². The molecule has 3 N–H and O–H groups in total. The number of amides is 1. The van der Waals surface area contributed by atoms with Crippen LogP contribution < -0.4 is 11.1 Å². The van der Waals surface area contributed by atoms with E-state index in [0.29, 0.717) is 12.5 Å². The molecular formula is C12H24N2O. The third-order valence-corrected chi connectivity index (χ3v) is 3.38. The maximum atomic E-state index is 11.9. The van der Waals surface area contributed by atoms with Gasteiger partial charge in [0.15, 0.2) is 0 Å². The molecule has 1 rings (SSSR count). The molecule has 0 aliphatic heterocycles. The molecule has 0 spiro atoms. The van der Waals surface area contributed by atoms with Crippen molar-refractivity contribution in [3.63, 3.8) is 0 Å². The molecular weight excluding hydrogens is 188 g/mol. The zero-order chi connectivity index (χ0) is 11.1. The number of carbonyl (C=O) groups excluding carboxylic acids is 1. The molecule has 0 saturated heterocycles. The summed E-state index contributed by atoms with van der Waals surface area (Å²) in [6, 6.07) is 0. The predicted molar refractivity (Wildman–Crippen MR) is 62.4 cm³/mol. The molecule has 1 saturated carbocycles. The van der Waals surface area contributed by atoms with Gasteiger partial charge in [-0.15, -0.1) is 0 Å². The van der Waals surface area contributed by atoms with Gasteiger partial charge in [0.1, 0.15) is 0 Å². The lowest BCUT2D eigenvalue weighted by atomic mass is 9.79. The van der Waals surface area contributed by atoms with E-state index < -0.39 is 0 Å². The highest BCUT2D eigenvalue weighted by Crippen LogP contribution is 2.29. The normalized spacial score (nSPS) is 26.3. The molecule has 0 aromatic rings. The average Bonchev–Trinajstić information content (AvgIpc) is 2.29. The fourth-order valence-electron chi connectivity index (χ4n) is 2.35. The van der Waals surface area contributed by atoms with E-state index in [1.54, 1.807) is 0 Å². The number of nitrogens with one attached hydrogen (secondary N) is 1. The van der Waals surface area contributed by atoms with Gasteiger partial charge in [0.2, 0.25) is 5.91 Å². The van der Waals surface area contributed by atoms with E-state index in [1.165, 1.54) is 12.8 Å². The number of carbonyl (C=O) groups is 1. The van der Waals surface area contributed by atoms with Crippen molar-refractivity contribution in [1.29, 1.82) is 0 Å². The molecule has 1 aliphatic carbocycles. The molecule has 2 unspecified atom stereocenters. The Morgan fingerprint density at radius 2 is 2.13 bits per heavy atom. The lowest BCUT2D eigenvalue weighted by molar-refractivity contribution is -0.127. The molecule has 1 aliphatic rings. The van der Waals surface area contributed by atoms with Crippen molar-refractivity contribution < 1.29 is 4.79 Å².